The molecule has 1 aromatic carbocycles. The van der Waals surface area contributed by atoms with Crippen LogP contribution in [-0.2, 0) is 16.1 Å². The number of nitrogens with zero attached hydrogens (tertiary/aromatic N) is 2. The maximum absolute atomic E-state index is 12.6. The molecular formula is C18H15ClN4O3S2. The summed E-state index contributed by atoms with van der Waals surface area (Å²) in [4.78, 5) is 46.4. The molecule has 0 bridgehead atoms. The van der Waals surface area contributed by atoms with Crippen molar-refractivity contribution >= 4 is 62.4 Å². The van der Waals surface area contributed by atoms with Gasteiger partial charge in [-0.3, -0.25) is 14.4 Å². The fraction of sp³-hybridized carbons (Fsp3) is 0.222. The molecule has 2 N–H and O–H groups in total. The SMILES string of the molecule is CN(Cc1nc2ccsc2c(=O)[nH]1)C(=O)C[C@H]1Sc2ccc(Cl)cc2NC1=O. The summed E-state index contributed by atoms with van der Waals surface area (Å²) in [7, 11) is 1.62. The molecule has 1 aliphatic rings. The first-order valence-corrected chi connectivity index (χ1v) is 10.5. The first-order valence-electron chi connectivity index (χ1n) is 8.38. The number of thiophene rings is 1. The number of benzene rings is 1. The Bertz CT molecular complexity index is 1140. The number of hydrogen-bond acceptors (Lipinski definition) is 6. The van der Waals surface area contributed by atoms with Gasteiger partial charge in [-0.15, -0.1) is 23.1 Å². The third kappa shape index (κ3) is 3.78. The van der Waals surface area contributed by atoms with Gasteiger partial charge in [0.25, 0.3) is 5.56 Å². The van der Waals surface area contributed by atoms with E-state index in [1.165, 1.54) is 28.0 Å². The number of aromatic nitrogens is 2. The zero-order chi connectivity index (χ0) is 19.8. The van der Waals surface area contributed by atoms with E-state index in [0.717, 1.165) is 4.90 Å². The number of carbonyl (C=O) groups excluding carboxylic acids is 2. The van der Waals surface area contributed by atoms with Gasteiger partial charge >= 0.3 is 0 Å². The van der Waals surface area contributed by atoms with Gasteiger partial charge in [0.2, 0.25) is 11.8 Å². The number of halogens is 1. The lowest BCUT2D eigenvalue weighted by Crippen LogP contribution is -2.36. The maximum Gasteiger partial charge on any atom is 0.268 e. The number of rotatable bonds is 4. The third-order valence-corrected chi connectivity index (χ3v) is 6.71. The van der Waals surface area contributed by atoms with E-state index in [1.54, 1.807) is 30.6 Å². The maximum atomic E-state index is 12.6. The predicted molar refractivity (Wildman–Crippen MR) is 111 cm³/mol. The van der Waals surface area contributed by atoms with Gasteiger partial charge in [-0.05, 0) is 29.6 Å². The van der Waals surface area contributed by atoms with Gasteiger partial charge in [0.05, 0.1) is 23.0 Å². The molecule has 0 saturated carbocycles. The number of thioether (sulfide) groups is 1. The van der Waals surface area contributed by atoms with E-state index in [-0.39, 0.29) is 30.3 Å². The quantitative estimate of drug-likeness (QED) is 0.657. The Hall–Kier alpha value is -2.36. The van der Waals surface area contributed by atoms with Crippen molar-refractivity contribution in [3.05, 3.63) is 50.8 Å². The lowest BCUT2D eigenvalue weighted by Gasteiger charge is -2.25. The highest BCUT2D eigenvalue weighted by Crippen LogP contribution is 2.38. The second kappa shape index (κ2) is 7.57. The van der Waals surface area contributed by atoms with Crippen molar-refractivity contribution in [2.24, 2.45) is 0 Å². The van der Waals surface area contributed by atoms with Crippen LogP contribution in [0.25, 0.3) is 10.2 Å². The molecule has 28 heavy (non-hydrogen) atoms. The van der Waals surface area contributed by atoms with Crippen LogP contribution < -0.4 is 10.9 Å². The highest BCUT2D eigenvalue weighted by atomic mass is 35.5. The van der Waals surface area contributed by atoms with E-state index >= 15 is 0 Å². The average molecular weight is 435 g/mol. The molecule has 7 nitrogen and oxygen atoms in total. The van der Waals surface area contributed by atoms with E-state index in [2.05, 4.69) is 15.3 Å². The van der Waals surface area contributed by atoms with Crippen molar-refractivity contribution in [2.45, 2.75) is 23.1 Å². The van der Waals surface area contributed by atoms with Gasteiger partial charge in [0.15, 0.2) is 0 Å². The molecule has 0 fully saturated rings. The number of anilines is 1. The molecule has 2 aromatic heterocycles. The van der Waals surface area contributed by atoms with Crippen LogP contribution in [-0.4, -0.2) is 39.0 Å². The largest absolute Gasteiger partial charge is 0.338 e. The zero-order valence-corrected chi connectivity index (χ0v) is 17.1. The van der Waals surface area contributed by atoms with Gasteiger partial charge in [-0.1, -0.05) is 11.6 Å². The Morgan fingerprint density at radius 3 is 2.96 bits per heavy atom. The van der Waals surface area contributed by atoms with E-state index in [0.29, 0.717) is 26.8 Å². The minimum Gasteiger partial charge on any atom is -0.338 e. The van der Waals surface area contributed by atoms with E-state index in [4.69, 9.17) is 11.6 Å². The number of carbonyl (C=O) groups is 2. The fourth-order valence-corrected chi connectivity index (χ4v) is 4.86. The second-order valence-electron chi connectivity index (χ2n) is 6.34. The van der Waals surface area contributed by atoms with Gasteiger partial charge in [0.1, 0.15) is 10.5 Å². The van der Waals surface area contributed by atoms with Crippen LogP contribution in [0.1, 0.15) is 12.2 Å². The molecule has 1 atom stereocenters. The van der Waals surface area contributed by atoms with Crippen molar-refractivity contribution in [3.8, 4) is 0 Å². The number of fused-ring (bicyclic) bond motifs is 2. The summed E-state index contributed by atoms with van der Waals surface area (Å²) in [6.45, 7) is 0.158. The van der Waals surface area contributed by atoms with Crippen molar-refractivity contribution in [1.29, 1.82) is 0 Å². The highest BCUT2D eigenvalue weighted by molar-refractivity contribution is 8.01. The normalized spacial score (nSPS) is 15.9. The molecule has 144 valence electrons. The second-order valence-corrected chi connectivity index (χ2v) is 8.93. The lowest BCUT2D eigenvalue weighted by atomic mass is 10.2. The molecule has 1 aliphatic heterocycles. The molecule has 0 unspecified atom stereocenters. The summed E-state index contributed by atoms with van der Waals surface area (Å²) in [5, 5.41) is 4.60. The fourth-order valence-electron chi connectivity index (χ4n) is 2.88. The van der Waals surface area contributed by atoms with Gasteiger partial charge in [0, 0.05) is 23.4 Å². The summed E-state index contributed by atoms with van der Waals surface area (Å²) in [6, 6.07) is 7.04. The van der Waals surface area contributed by atoms with Crippen molar-refractivity contribution in [3.63, 3.8) is 0 Å². The number of H-pyrrole nitrogens is 1. The van der Waals surface area contributed by atoms with Crippen LogP contribution in [0.15, 0.2) is 39.3 Å². The van der Waals surface area contributed by atoms with Crippen LogP contribution in [0.2, 0.25) is 5.02 Å². The topological polar surface area (TPSA) is 95.2 Å². The van der Waals surface area contributed by atoms with Crippen LogP contribution in [0.3, 0.4) is 0 Å². The molecular weight excluding hydrogens is 420 g/mol. The van der Waals surface area contributed by atoms with E-state index < -0.39 is 5.25 Å². The first kappa shape index (κ1) is 19.0. The Balaban J connectivity index is 1.44. The Morgan fingerprint density at radius 2 is 2.14 bits per heavy atom. The van der Waals surface area contributed by atoms with E-state index in [1.807, 2.05) is 6.07 Å². The minimum absolute atomic E-state index is 0.0417. The van der Waals surface area contributed by atoms with E-state index in [9.17, 15) is 14.4 Å². The van der Waals surface area contributed by atoms with Crippen LogP contribution in [0, 0.1) is 0 Å². The molecule has 0 radical (unpaired) electrons. The molecule has 3 aromatic rings. The summed E-state index contributed by atoms with van der Waals surface area (Å²) >= 11 is 8.62. The average Bonchev–Trinajstić information content (AvgIpc) is 3.11. The number of aromatic amines is 1. The predicted octanol–water partition coefficient (Wildman–Crippen LogP) is 3.10. The summed E-state index contributed by atoms with van der Waals surface area (Å²) in [5.74, 6) is -0.0293. The standard InChI is InChI=1S/C18H15ClN4O3S2/c1-23(8-14-20-10-4-5-27-16(10)18(26)22-14)15(24)7-13-17(25)21-11-6-9(19)2-3-12(11)28-13/h2-6,13H,7-8H2,1H3,(H,21,25)(H,20,22,26)/t13-/m1/s1. The molecule has 2 amide bonds. The Kier molecular flexibility index (Phi) is 5.13. The summed E-state index contributed by atoms with van der Waals surface area (Å²) < 4.78 is 0.562. The molecule has 0 saturated heterocycles. The molecule has 10 heteroatoms. The number of nitrogens with one attached hydrogen (secondary N) is 2. The van der Waals surface area contributed by atoms with Crippen LogP contribution in [0.4, 0.5) is 5.69 Å². The Morgan fingerprint density at radius 1 is 1.32 bits per heavy atom. The minimum atomic E-state index is -0.532. The van der Waals surface area contributed by atoms with Crippen molar-refractivity contribution < 1.29 is 9.59 Å². The lowest BCUT2D eigenvalue weighted by molar-refractivity contribution is -0.132. The summed E-state index contributed by atoms with van der Waals surface area (Å²) in [5.41, 5.74) is 1.06. The molecule has 0 aliphatic carbocycles. The van der Waals surface area contributed by atoms with Gasteiger partial charge < -0.3 is 15.2 Å². The van der Waals surface area contributed by atoms with Crippen LogP contribution >= 0.6 is 34.7 Å². The molecule has 4 rings (SSSR count). The smallest absolute Gasteiger partial charge is 0.268 e. The monoisotopic (exact) mass is 434 g/mol. The van der Waals surface area contributed by atoms with Crippen LogP contribution in [0.5, 0.6) is 0 Å². The van der Waals surface area contributed by atoms with Gasteiger partial charge in [-0.25, -0.2) is 4.98 Å². The highest BCUT2D eigenvalue weighted by Gasteiger charge is 2.30. The van der Waals surface area contributed by atoms with Crippen molar-refractivity contribution in [2.75, 3.05) is 12.4 Å². The first-order chi connectivity index (χ1) is 13.4. The van der Waals surface area contributed by atoms with Crippen molar-refractivity contribution in [1.82, 2.24) is 14.9 Å². The Labute approximate surface area is 173 Å². The van der Waals surface area contributed by atoms with Gasteiger partial charge in [-0.2, -0.15) is 0 Å². The molecule has 0 spiro atoms. The number of hydrogen-bond donors (Lipinski definition) is 2. The third-order valence-electron chi connectivity index (χ3n) is 4.30. The number of amides is 2. The molecule has 3 heterocycles. The zero-order valence-electron chi connectivity index (χ0n) is 14.7. The summed E-state index contributed by atoms with van der Waals surface area (Å²) in [6.07, 6.45) is 0.0417.